The molecule has 1 aromatic carbocycles. The molecular formula is C9H10BrN. The van der Waals surface area contributed by atoms with Crippen LogP contribution in [0.1, 0.15) is 17.5 Å². The predicted molar refractivity (Wildman–Crippen MR) is 50.6 cm³/mol. The third-order valence-electron chi connectivity index (χ3n) is 2.26. The highest BCUT2D eigenvalue weighted by molar-refractivity contribution is 9.10. The van der Waals surface area contributed by atoms with Crippen molar-refractivity contribution < 1.29 is 0 Å². The molecule has 11 heavy (non-hydrogen) atoms. The van der Waals surface area contributed by atoms with Crippen LogP contribution in [0.15, 0.2) is 16.6 Å². The molecule has 2 N–H and O–H groups in total. The second-order valence-corrected chi connectivity index (χ2v) is 3.80. The van der Waals surface area contributed by atoms with E-state index in [1.807, 2.05) is 12.1 Å². The highest BCUT2D eigenvalue weighted by Crippen LogP contribution is 2.32. The van der Waals surface area contributed by atoms with Gasteiger partial charge in [0.15, 0.2) is 0 Å². The molecule has 0 aromatic heterocycles. The second-order valence-electron chi connectivity index (χ2n) is 2.95. The van der Waals surface area contributed by atoms with E-state index in [1.165, 1.54) is 28.4 Å². The highest BCUT2D eigenvalue weighted by Gasteiger charge is 2.15. The van der Waals surface area contributed by atoms with Crippen molar-refractivity contribution in [3.05, 3.63) is 27.7 Å². The fourth-order valence-electron chi connectivity index (χ4n) is 1.69. The van der Waals surface area contributed by atoms with Gasteiger partial charge < -0.3 is 5.73 Å². The normalized spacial score (nSPS) is 15.0. The topological polar surface area (TPSA) is 26.0 Å². The van der Waals surface area contributed by atoms with Gasteiger partial charge in [0.05, 0.1) is 0 Å². The zero-order valence-electron chi connectivity index (χ0n) is 6.23. The average Bonchev–Trinajstić information content (AvgIpc) is 2.45. The zero-order valence-corrected chi connectivity index (χ0v) is 7.82. The van der Waals surface area contributed by atoms with Gasteiger partial charge in [-0.25, -0.2) is 0 Å². The summed E-state index contributed by atoms with van der Waals surface area (Å²) in [6.45, 7) is 0. The van der Waals surface area contributed by atoms with E-state index in [2.05, 4.69) is 15.9 Å². The van der Waals surface area contributed by atoms with Crippen LogP contribution in [0.25, 0.3) is 0 Å². The summed E-state index contributed by atoms with van der Waals surface area (Å²) >= 11 is 3.53. The molecule has 0 heterocycles. The Bertz CT molecular complexity index is 265. The van der Waals surface area contributed by atoms with Crippen LogP contribution in [0.4, 0.5) is 5.69 Å². The van der Waals surface area contributed by atoms with E-state index >= 15 is 0 Å². The van der Waals surface area contributed by atoms with Gasteiger partial charge in [-0.15, -0.1) is 0 Å². The number of fused-ring (bicyclic) bond motifs is 1. The molecule has 0 spiro atoms. The molecule has 58 valence electrons. The number of rotatable bonds is 0. The van der Waals surface area contributed by atoms with Crippen molar-refractivity contribution in [2.75, 3.05) is 5.73 Å². The maximum Gasteiger partial charge on any atom is 0.0350 e. The number of hydrogen-bond donors (Lipinski definition) is 1. The molecule has 0 saturated carbocycles. The first-order chi connectivity index (χ1) is 5.29. The van der Waals surface area contributed by atoms with Crippen LogP contribution in [0, 0.1) is 0 Å². The quantitative estimate of drug-likeness (QED) is 0.657. The zero-order chi connectivity index (χ0) is 7.84. The molecule has 0 saturated heterocycles. The third-order valence-corrected chi connectivity index (χ3v) is 3.01. The summed E-state index contributed by atoms with van der Waals surface area (Å²) in [6.07, 6.45) is 3.59. The number of anilines is 1. The Kier molecular flexibility index (Phi) is 1.64. The van der Waals surface area contributed by atoms with Crippen LogP contribution in [-0.4, -0.2) is 0 Å². The Morgan fingerprint density at radius 1 is 1.18 bits per heavy atom. The van der Waals surface area contributed by atoms with Crippen molar-refractivity contribution in [2.45, 2.75) is 19.3 Å². The number of halogens is 1. The van der Waals surface area contributed by atoms with Crippen molar-refractivity contribution >= 4 is 21.6 Å². The molecule has 0 bridgehead atoms. The van der Waals surface area contributed by atoms with Gasteiger partial charge in [0.2, 0.25) is 0 Å². The maximum absolute atomic E-state index is 5.82. The lowest BCUT2D eigenvalue weighted by molar-refractivity contribution is 0.911. The van der Waals surface area contributed by atoms with Crippen LogP contribution < -0.4 is 5.73 Å². The SMILES string of the molecule is Nc1ccc(Br)c2c1CCC2. The van der Waals surface area contributed by atoms with Crippen LogP contribution in [-0.2, 0) is 12.8 Å². The van der Waals surface area contributed by atoms with Gasteiger partial charge in [0, 0.05) is 10.2 Å². The van der Waals surface area contributed by atoms with Gasteiger partial charge >= 0.3 is 0 Å². The van der Waals surface area contributed by atoms with Crippen molar-refractivity contribution in [3.63, 3.8) is 0 Å². The first kappa shape index (κ1) is 7.17. The standard InChI is InChI=1S/C9H10BrN/c10-8-4-5-9(11)7-3-1-2-6(7)8/h4-5H,1-3,11H2. The monoisotopic (exact) mass is 211 g/mol. The molecule has 2 rings (SSSR count). The summed E-state index contributed by atoms with van der Waals surface area (Å²) in [7, 11) is 0. The van der Waals surface area contributed by atoms with Crippen molar-refractivity contribution in [2.24, 2.45) is 0 Å². The first-order valence-electron chi connectivity index (χ1n) is 3.85. The first-order valence-corrected chi connectivity index (χ1v) is 4.64. The Morgan fingerprint density at radius 2 is 1.91 bits per heavy atom. The highest BCUT2D eigenvalue weighted by atomic mass is 79.9. The van der Waals surface area contributed by atoms with E-state index < -0.39 is 0 Å². The minimum absolute atomic E-state index is 0.959. The summed E-state index contributed by atoms with van der Waals surface area (Å²) < 4.78 is 1.22. The minimum atomic E-state index is 0.959. The van der Waals surface area contributed by atoms with Gasteiger partial charge in [-0.3, -0.25) is 0 Å². The fraction of sp³-hybridized carbons (Fsp3) is 0.333. The number of benzene rings is 1. The van der Waals surface area contributed by atoms with Gasteiger partial charge in [-0.05, 0) is 42.5 Å². The van der Waals surface area contributed by atoms with Gasteiger partial charge in [-0.1, -0.05) is 15.9 Å². The lowest BCUT2D eigenvalue weighted by Gasteiger charge is -2.04. The Labute approximate surface area is 74.7 Å². The van der Waals surface area contributed by atoms with E-state index in [4.69, 9.17) is 5.73 Å². The smallest absolute Gasteiger partial charge is 0.0350 e. The Hall–Kier alpha value is -0.500. The molecule has 1 aromatic rings. The van der Waals surface area contributed by atoms with Crippen LogP contribution in [0.2, 0.25) is 0 Å². The molecule has 0 unspecified atom stereocenters. The molecule has 2 heteroatoms. The molecular weight excluding hydrogens is 202 g/mol. The van der Waals surface area contributed by atoms with Crippen molar-refractivity contribution in [3.8, 4) is 0 Å². The van der Waals surface area contributed by atoms with E-state index in [1.54, 1.807) is 0 Å². The fourth-order valence-corrected chi connectivity index (χ4v) is 2.26. The molecule has 1 nitrogen and oxygen atoms in total. The lowest BCUT2D eigenvalue weighted by Crippen LogP contribution is -1.93. The van der Waals surface area contributed by atoms with E-state index in [0.29, 0.717) is 0 Å². The molecule has 0 fully saturated rings. The van der Waals surface area contributed by atoms with Crippen LogP contribution in [0.3, 0.4) is 0 Å². The summed E-state index contributed by atoms with van der Waals surface area (Å²) in [5, 5.41) is 0. The van der Waals surface area contributed by atoms with Gasteiger partial charge in [0.25, 0.3) is 0 Å². The number of hydrogen-bond acceptors (Lipinski definition) is 1. The van der Waals surface area contributed by atoms with Crippen molar-refractivity contribution in [1.82, 2.24) is 0 Å². The minimum Gasteiger partial charge on any atom is -0.398 e. The maximum atomic E-state index is 5.82. The molecule has 0 atom stereocenters. The summed E-state index contributed by atoms with van der Waals surface area (Å²) in [5.74, 6) is 0. The van der Waals surface area contributed by atoms with Gasteiger partial charge in [0.1, 0.15) is 0 Å². The Morgan fingerprint density at radius 3 is 2.64 bits per heavy atom. The number of nitrogens with two attached hydrogens (primary N) is 1. The number of nitrogen functional groups attached to an aromatic ring is 1. The largest absolute Gasteiger partial charge is 0.398 e. The van der Waals surface area contributed by atoms with Crippen LogP contribution in [0.5, 0.6) is 0 Å². The molecule has 0 aliphatic heterocycles. The Balaban J connectivity index is 2.64. The second kappa shape index (κ2) is 2.52. The molecule has 1 aliphatic carbocycles. The van der Waals surface area contributed by atoms with E-state index in [9.17, 15) is 0 Å². The lowest BCUT2D eigenvalue weighted by atomic mass is 10.1. The average molecular weight is 212 g/mol. The van der Waals surface area contributed by atoms with E-state index in [-0.39, 0.29) is 0 Å². The molecule has 1 aliphatic rings. The predicted octanol–water partition coefficient (Wildman–Crippen LogP) is 2.52. The van der Waals surface area contributed by atoms with E-state index in [0.717, 1.165) is 12.1 Å². The summed E-state index contributed by atoms with van der Waals surface area (Å²) in [6, 6.07) is 4.02. The van der Waals surface area contributed by atoms with Crippen molar-refractivity contribution in [1.29, 1.82) is 0 Å². The summed E-state index contributed by atoms with van der Waals surface area (Å²) in [4.78, 5) is 0. The van der Waals surface area contributed by atoms with Crippen LogP contribution >= 0.6 is 15.9 Å². The molecule has 0 amide bonds. The third kappa shape index (κ3) is 1.06. The van der Waals surface area contributed by atoms with Gasteiger partial charge in [-0.2, -0.15) is 0 Å². The molecule has 0 radical (unpaired) electrons. The summed E-state index contributed by atoms with van der Waals surface area (Å²) in [5.41, 5.74) is 9.56.